The number of ether oxygens (including phenoxy) is 2. The van der Waals surface area contributed by atoms with Crippen molar-refractivity contribution in [2.24, 2.45) is 4.99 Å². The van der Waals surface area contributed by atoms with Crippen molar-refractivity contribution in [3.63, 3.8) is 0 Å². The lowest BCUT2D eigenvalue weighted by Crippen LogP contribution is -2.36. The SMILES string of the molecule is CCOc1ccc(CNC(=NC)NCc2ccc(OC)cc2)cc1F.I. The molecule has 0 spiro atoms. The molecule has 0 saturated carbocycles. The first-order chi connectivity index (χ1) is 12.2. The van der Waals surface area contributed by atoms with E-state index in [2.05, 4.69) is 15.6 Å². The lowest BCUT2D eigenvalue weighted by molar-refractivity contribution is 0.321. The summed E-state index contributed by atoms with van der Waals surface area (Å²) in [5.74, 6) is 1.38. The van der Waals surface area contributed by atoms with Crippen molar-refractivity contribution in [2.45, 2.75) is 20.0 Å². The number of guanidine groups is 1. The number of rotatable bonds is 7. The molecule has 0 amide bonds. The predicted molar refractivity (Wildman–Crippen MR) is 113 cm³/mol. The first-order valence-electron chi connectivity index (χ1n) is 8.15. The summed E-state index contributed by atoms with van der Waals surface area (Å²) in [5.41, 5.74) is 1.92. The lowest BCUT2D eigenvalue weighted by Gasteiger charge is -2.13. The van der Waals surface area contributed by atoms with Gasteiger partial charge in [-0.2, -0.15) is 0 Å². The average Bonchev–Trinajstić information content (AvgIpc) is 2.64. The minimum atomic E-state index is -0.359. The van der Waals surface area contributed by atoms with Crippen LogP contribution in [-0.2, 0) is 13.1 Å². The molecule has 2 aromatic rings. The van der Waals surface area contributed by atoms with Crippen molar-refractivity contribution >= 4 is 29.9 Å². The largest absolute Gasteiger partial charge is 0.497 e. The van der Waals surface area contributed by atoms with Crippen LogP contribution in [0.4, 0.5) is 4.39 Å². The molecule has 0 fully saturated rings. The van der Waals surface area contributed by atoms with Gasteiger partial charge in [0.15, 0.2) is 17.5 Å². The number of halogens is 2. The Kier molecular flexibility index (Phi) is 9.79. The van der Waals surface area contributed by atoms with Crippen molar-refractivity contribution in [1.82, 2.24) is 10.6 Å². The molecule has 2 aromatic carbocycles. The standard InChI is InChI=1S/C19H24FN3O2.HI/c1-4-25-18-10-7-15(11-17(18)20)13-23-19(21-2)22-12-14-5-8-16(24-3)9-6-14;/h5-11H,4,12-13H2,1-3H3,(H2,21,22,23);1H. The fourth-order valence-corrected chi connectivity index (χ4v) is 2.26. The lowest BCUT2D eigenvalue weighted by atomic mass is 10.2. The van der Waals surface area contributed by atoms with Crippen LogP contribution in [0.3, 0.4) is 0 Å². The van der Waals surface area contributed by atoms with E-state index in [4.69, 9.17) is 9.47 Å². The number of nitrogens with one attached hydrogen (secondary N) is 2. The van der Waals surface area contributed by atoms with Gasteiger partial charge in [0.2, 0.25) is 0 Å². The van der Waals surface area contributed by atoms with Gasteiger partial charge in [-0.05, 0) is 42.3 Å². The molecule has 7 heteroatoms. The molecule has 0 radical (unpaired) electrons. The van der Waals surface area contributed by atoms with Gasteiger partial charge >= 0.3 is 0 Å². The average molecular weight is 473 g/mol. The van der Waals surface area contributed by atoms with Crippen LogP contribution in [0.25, 0.3) is 0 Å². The molecule has 0 aliphatic carbocycles. The summed E-state index contributed by atoms with van der Waals surface area (Å²) in [5, 5.41) is 6.38. The van der Waals surface area contributed by atoms with Gasteiger partial charge in [0.25, 0.3) is 0 Å². The van der Waals surface area contributed by atoms with Crippen molar-refractivity contribution in [1.29, 1.82) is 0 Å². The van der Waals surface area contributed by atoms with E-state index in [-0.39, 0.29) is 35.5 Å². The van der Waals surface area contributed by atoms with Crippen LogP contribution in [-0.4, -0.2) is 26.7 Å². The Hall–Kier alpha value is -2.03. The second-order valence-corrected chi connectivity index (χ2v) is 5.33. The molecule has 0 bridgehead atoms. The van der Waals surface area contributed by atoms with Gasteiger partial charge in [-0.3, -0.25) is 4.99 Å². The zero-order valence-electron chi connectivity index (χ0n) is 15.2. The third-order valence-electron chi connectivity index (χ3n) is 3.60. The van der Waals surface area contributed by atoms with Crippen molar-refractivity contribution in [3.05, 3.63) is 59.4 Å². The van der Waals surface area contributed by atoms with Gasteiger partial charge < -0.3 is 20.1 Å². The van der Waals surface area contributed by atoms with Crippen LogP contribution >= 0.6 is 24.0 Å². The van der Waals surface area contributed by atoms with Crippen molar-refractivity contribution in [3.8, 4) is 11.5 Å². The van der Waals surface area contributed by atoms with Gasteiger partial charge in [0, 0.05) is 20.1 Å². The fraction of sp³-hybridized carbons (Fsp3) is 0.316. The van der Waals surface area contributed by atoms with Gasteiger partial charge in [-0.15, -0.1) is 24.0 Å². The summed E-state index contributed by atoms with van der Waals surface area (Å²) >= 11 is 0. The van der Waals surface area contributed by atoms with Gasteiger partial charge in [-0.25, -0.2) is 4.39 Å². The molecule has 2 N–H and O–H groups in total. The molecule has 0 saturated heterocycles. The number of hydrogen-bond donors (Lipinski definition) is 2. The van der Waals surface area contributed by atoms with E-state index >= 15 is 0 Å². The number of benzene rings is 2. The van der Waals surface area contributed by atoms with Crippen LogP contribution < -0.4 is 20.1 Å². The Morgan fingerprint density at radius 2 is 1.65 bits per heavy atom. The fourth-order valence-electron chi connectivity index (χ4n) is 2.26. The van der Waals surface area contributed by atoms with Crippen LogP contribution in [0, 0.1) is 5.82 Å². The molecule has 0 heterocycles. The minimum Gasteiger partial charge on any atom is -0.497 e. The summed E-state index contributed by atoms with van der Waals surface area (Å²) in [4.78, 5) is 4.17. The van der Waals surface area contributed by atoms with Crippen LogP contribution in [0.2, 0.25) is 0 Å². The molecule has 0 unspecified atom stereocenters. The topological polar surface area (TPSA) is 54.9 Å². The maximum Gasteiger partial charge on any atom is 0.191 e. The van der Waals surface area contributed by atoms with Gasteiger partial charge in [-0.1, -0.05) is 18.2 Å². The third kappa shape index (κ3) is 6.70. The van der Waals surface area contributed by atoms with E-state index in [1.807, 2.05) is 37.3 Å². The third-order valence-corrected chi connectivity index (χ3v) is 3.60. The van der Waals surface area contributed by atoms with Crippen LogP contribution in [0.15, 0.2) is 47.5 Å². The Balaban J connectivity index is 0.00000338. The summed E-state index contributed by atoms with van der Waals surface area (Å²) < 4.78 is 24.2. The van der Waals surface area contributed by atoms with Gasteiger partial charge in [0.1, 0.15) is 5.75 Å². The van der Waals surface area contributed by atoms with Crippen LogP contribution in [0.1, 0.15) is 18.1 Å². The number of methoxy groups -OCH3 is 1. The number of nitrogens with zero attached hydrogens (tertiary/aromatic N) is 1. The van der Waals surface area contributed by atoms with E-state index in [0.29, 0.717) is 25.7 Å². The summed E-state index contributed by atoms with van der Waals surface area (Å²) in [6.07, 6.45) is 0. The Bertz CT molecular complexity index is 708. The smallest absolute Gasteiger partial charge is 0.191 e. The van der Waals surface area contributed by atoms with Crippen LogP contribution in [0.5, 0.6) is 11.5 Å². The molecule has 142 valence electrons. The summed E-state index contributed by atoms with van der Waals surface area (Å²) in [6.45, 7) is 3.36. The zero-order chi connectivity index (χ0) is 18.1. The van der Waals surface area contributed by atoms with E-state index in [1.54, 1.807) is 20.2 Å². The maximum atomic E-state index is 13.9. The predicted octanol–water partition coefficient (Wildman–Crippen LogP) is 3.72. The molecular formula is C19H25FIN3O2. The molecule has 5 nitrogen and oxygen atoms in total. The first-order valence-corrected chi connectivity index (χ1v) is 8.15. The minimum absolute atomic E-state index is 0. The molecule has 0 aliphatic rings. The Morgan fingerprint density at radius 3 is 2.19 bits per heavy atom. The van der Waals surface area contributed by atoms with E-state index in [1.165, 1.54) is 6.07 Å². The highest BCUT2D eigenvalue weighted by Crippen LogP contribution is 2.18. The Labute approximate surface area is 171 Å². The zero-order valence-corrected chi connectivity index (χ0v) is 17.5. The van der Waals surface area contributed by atoms with Crippen molar-refractivity contribution in [2.75, 3.05) is 20.8 Å². The van der Waals surface area contributed by atoms with E-state index < -0.39 is 0 Å². The first kappa shape index (κ1) is 22.0. The normalized spacial score (nSPS) is 10.7. The van der Waals surface area contributed by atoms with Gasteiger partial charge in [0.05, 0.1) is 13.7 Å². The molecule has 0 atom stereocenters. The maximum absolute atomic E-state index is 13.9. The molecule has 0 aromatic heterocycles. The Morgan fingerprint density at radius 1 is 1.04 bits per heavy atom. The monoisotopic (exact) mass is 473 g/mol. The van der Waals surface area contributed by atoms with Crippen molar-refractivity contribution < 1.29 is 13.9 Å². The molecular weight excluding hydrogens is 448 g/mol. The molecule has 0 aliphatic heterocycles. The highest BCUT2D eigenvalue weighted by Gasteiger charge is 2.05. The van der Waals surface area contributed by atoms with E-state index in [9.17, 15) is 4.39 Å². The second-order valence-electron chi connectivity index (χ2n) is 5.33. The second kappa shape index (κ2) is 11.6. The number of hydrogen-bond acceptors (Lipinski definition) is 3. The number of aliphatic imine (C=N–C) groups is 1. The highest BCUT2D eigenvalue weighted by molar-refractivity contribution is 14.0. The van der Waals surface area contributed by atoms with E-state index in [0.717, 1.165) is 16.9 Å². The quantitative estimate of drug-likeness (QED) is 0.366. The summed E-state index contributed by atoms with van der Waals surface area (Å²) in [7, 11) is 3.34. The highest BCUT2D eigenvalue weighted by atomic mass is 127. The molecule has 26 heavy (non-hydrogen) atoms. The molecule has 2 rings (SSSR count). The summed E-state index contributed by atoms with van der Waals surface area (Å²) in [6, 6.07) is 12.7.